The summed E-state index contributed by atoms with van der Waals surface area (Å²) in [5.41, 5.74) is 2.93. The molecule has 5 rings (SSSR count). The molecule has 1 aliphatic heterocycles. The summed E-state index contributed by atoms with van der Waals surface area (Å²) in [6.45, 7) is 5.56. The van der Waals surface area contributed by atoms with E-state index in [9.17, 15) is 4.79 Å². The van der Waals surface area contributed by atoms with Crippen LogP contribution in [0.3, 0.4) is 0 Å². The third-order valence-corrected chi connectivity index (χ3v) is 8.38. The molecule has 1 amide bonds. The lowest BCUT2D eigenvalue weighted by Crippen LogP contribution is -2.38. The molecule has 6 heteroatoms. The predicted octanol–water partition coefficient (Wildman–Crippen LogP) is 4.99. The normalized spacial score (nSPS) is 21.4. The molecule has 0 unspecified atom stereocenters. The van der Waals surface area contributed by atoms with Gasteiger partial charge >= 0.3 is 0 Å². The topological polar surface area (TPSA) is 58.1 Å². The minimum Gasteiger partial charge on any atom is -0.349 e. The van der Waals surface area contributed by atoms with Crippen molar-refractivity contribution in [2.24, 2.45) is 5.92 Å². The third kappa shape index (κ3) is 4.71. The Morgan fingerprint density at radius 3 is 2.91 bits per heavy atom. The lowest BCUT2D eigenvalue weighted by molar-refractivity contribution is 0.0921. The summed E-state index contributed by atoms with van der Waals surface area (Å²) >= 11 is 1.91. The molecule has 3 aromatic rings. The molecule has 0 radical (unpaired) electrons. The molecule has 168 valence electrons. The number of fused-ring (bicyclic) bond motifs is 2. The van der Waals surface area contributed by atoms with Crippen LogP contribution in [0.25, 0.3) is 10.9 Å². The summed E-state index contributed by atoms with van der Waals surface area (Å²) < 4.78 is 0. The molecule has 1 N–H and O–H groups in total. The van der Waals surface area contributed by atoms with Crippen LogP contribution in [0.1, 0.15) is 65.0 Å². The van der Waals surface area contributed by atoms with Crippen LogP contribution in [0.5, 0.6) is 0 Å². The number of aromatic nitrogens is 2. The van der Waals surface area contributed by atoms with Crippen molar-refractivity contribution in [3.63, 3.8) is 0 Å². The molecule has 3 heterocycles. The Morgan fingerprint density at radius 1 is 1.19 bits per heavy atom. The molecule has 0 spiro atoms. The second-order valence-corrected chi connectivity index (χ2v) is 10.4. The zero-order valence-corrected chi connectivity index (χ0v) is 19.7. The van der Waals surface area contributed by atoms with E-state index in [0.29, 0.717) is 0 Å². The van der Waals surface area contributed by atoms with E-state index in [1.807, 2.05) is 41.7 Å². The highest BCUT2D eigenvalue weighted by Crippen LogP contribution is 2.30. The van der Waals surface area contributed by atoms with Crippen LogP contribution in [-0.4, -0.2) is 39.9 Å². The van der Waals surface area contributed by atoms with Gasteiger partial charge in [0, 0.05) is 41.2 Å². The first kappa shape index (κ1) is 21.5. The van der Waals surface area contributed by atoms with Crippen LogP contribution < -0.4 is 5.32 Å². The van der Waals surface area contributed by atoms with Crippen molar-refractivity contribution in [1.29, 1.82) is 0 Å². The molecule has 0 atom stereocenters. The maximum atomic E-state index is 12.9. The van der Waals surface area contributed by atoms with Crippen LogP contribution in [0, 0.1) is 5.92 Å². The van der Waals surface area contributed by atoms with Gasteiger partial charge in [-0.1, -0.05) is 19.1 Å². The molecular formula is C26H32N4OS. The predicted molar refractivity (Wildman–Crippen MR) is 130 cm³/mol. The quantitative estimate of drug-likeness (QED) is 0.577. The van der Waals surface area contributed by atoms with E-state index in [4.69, 9.17) is 4.98 Å². The van der Waals surface area contributed by atoms with Crippen LogP contribution >= 0.6 is 11.3 Å². The summed E-state index contributed by atoms with van der Waals surface area (Å²) in [6.07, 6.45) is 9.81. The first-order valence-electron chi connectivity index (χ1n) is 12.0. The van der Waals surface area contributed by atoms with Crippen LogP contribution in [0.4, 0.5) is 0 Å². The maximum absolute atomic E-state index is 12.9. The van der Waals surface area contributed by atoms with E-state index in [-0.39, 0.29) is 11.9 Å². The van der Waals surface area contributed by atoms with Gasteiger partial charge in [0.1, 0.15) is 0 Å². The number of amides is 1. The highest BCUT2D eigenvalue weighted by molar-refractivity contribution is 7.11. The van der Waals surface area contributed by atoms with E-state index in [0.717, 1.165) is 54.6 Å². The number of benzene rings is 1. The maximum Gasteiger partial charge on any atom is 0.252 e. The van der Waals surface area contributed by atoms with Gasteiger partial charge in [0.05, 0.1) is 16.2 Å². The standard InChI is InChI=1S/C26H32N4OS/c1-2-25-29-23-17-30(16-13-24(23)32-25)15-12-18-8-10-19(11-9-18)28-26(31)21-5-3-7-22-20(21)6-4-14-27-22/h3-7,14,18-19H,2,8-13,15-17H2,1H3,(H,28,31)/t18-,19-. The average Bonchev–Trinajstić information content (AvgIpc) is 3.26. The van der Waals surface area contributed by atoms with Gasteiger partial charge in [0.15, 0.2) is 0 Å². The fraction of sp³-hybridized carbons (Fsp3) is 0.500. The molecule has 1 aromatic carbocycles. The number of nitrogens with one attached hydrogen (secondary N) is 1. The van der Waals surface area contributed by atoms with Crippen LogP contribution in [0.2, 0.25) is 0 Å². The van der Waals surface area contributed by atoms with Gasteiger partial charge in [-0.2, -0.15) is 0 Å². The van der Waals surface area contributed by atoms with Gasteiger partial charge in [-0.15, -0.1) is 11.3 Å². The minimum absolute atomic E-state index is 0.0332. The summed E-state index contributed by atoms with van der Waals surface area (Å²) in [5, 5.41) is 5.50. The first-order valence-corrected chi connectivity index (χ1v) is 12.9. The van der Waals surface area contributed by atoms with Crippen molar-refractivity contribution in [3.05, 3.63) is 57.7 Å². The minimum atomic E-state index is 0.0332. The summed E-state index contributed by atoms with van der Waals surface area (Å²) in [7, 11) is 0. The average molecular weight is 449 g/mol. The number of carbonyl (C=O) groups excluding carboxylic acids is 1. The molecule has 2 aromatic heterocycles. The molecule has 1 fully saturated rings. The van der Waals surface area contributed by atoms with E-state index in [1.165, 1.54) is 47.9 Å². The second-order valence-electron chi connectivity index (χ2n) is 9.21. The Hall–Kier alpha value is -2.31. The van der Waals surface area contributed by atoms with Crippen LogP contribution in [0.15, 0.2) is 36.5 Å². The molecule has 2 aliphatic rings. The van der Waals surface area contributed by atoms with E-state index in [2.05, 4.69) is 22.1 Å². The third-order valence-electron chi connectivity index (χ3n) is 7.08. The van der Waals surface area contributed by atoms with Gasteiger partial charge in [-0.25, -0.2) is 4.98 Å². The largest absolute Gasteiger partial charge is 0.349 e. The highest BCUT2D eigenvalue weighted by atomic mass is 32.1. The molecule has 1 saturated carbocycles. The second kappa shape index (κ2) is 9.67. The van der Waals surface area contributed by atoms with Gasteiger partial charge in [0.25, 0.3) is 5.91 Å². The monoisotopic (exact) mass is 448 g/mol. The number of thiazole rings is 1. The fourth-order valence-corrected chi connectivity index (χ4v) is 6.18. The van der Waals surface area contributed by atoms with Crippen molar-refractivity contribution < 1.29 is 4.79 Å². The highest BCUT2D eigenvalue weighted by Gasteiger charge is 2.25. The lowest BCUT2D eigenvalue weighted by Gasteiger charge is -2.32. The first-order chi connectivity index (χ1) is 15.7. The summed E-state index contributed by atoms with van der Waals surface area (Å²) in [4.78, 5) is 26.2. The van der Waals surface area contributed by atoms with Gasteiger partial charge in [0.2, 0.25) is 0 Å². The van der Waals surface area contributed by atoms with Crippen molar-refractivity contribution >= 4 is 28.1 Å². The zero-order valence-electron chi connectivity index (χ0n) is 18.8. The van der Waals surface area contributed by atoms with Crippen LogP contribution in [-0.2, 0) is 19.4 Å². The van der Waals surface area contributed by atoms with Crippen molar-refractivity contribution in [2.75, 3.05) is 13.1 Å². The van der Waals surface area contributed by atoms with E-state index < -0.39 is 0 Å². The van der Waals surface area contributed by atoms with Gasteiger partial charge < -0.3 is 5.32 Å². The van der Waals surface area contributed by atoms with Crippen molar-refractivity contribution in [1.82, 2.24) is 20.2 Å². The smallest absolute Gasteiger partial charge is 0.252 e. The van der Waals surface area contributed by atoms with Crippen molar-refractivity contribution in [3.8, 4) is 0 Å². The lowest BCUT2D eigenvalue weighted by atomic mass is 9.84. The number of carbonyl (C=O) groups is 1. The number of rotatable bonds is 6. The fourth-order valence-electron chi connectivity index (χ4n) is 5.17. The Bertz CT molecular complexity index is 1080. The number of hydrogen-bond acceptors (Lipinski definition) is 5. The molecule has 0 saturated heterocycles. The van der Waals surface area contributed by atoms with Gasteiger partial charge in [-0.05, 0) is 75.6 Å². The molecule has 0 bridgehead atoms. The number of hydrogen-bond donors (Lipinski definition) is 1. The van der Waals surface area contributed by atoms with E-state index in [1.54, 1.807) is 6.20 Å². The number of pyridine rings is 1. The Balaban J connectivity index is 1.09. The Labute approximate surface area is 194 Å². The number of aryl methyl sites for hydroxylation is 1. The number of nitrogens with zero attached hydrogens (tertiary/aromatic N) is 3. The summed E-state index contributed by atoms with van der Waals surface area (Å²) in [5.74, 6) is 0.804. The summed E-state index contributed by atoms with van der Waals surface area (Å²) in [6, 6.07) is 9.93. The molecule has 1 aliphatic carbocycles. The molecule has 32 heavy (non-hydrogen) atoms. The van der Waals surface area contributed by atoms with E-state index >= 15 is 0 Å². The molecular weight excluding hydrogens is 416 g/mol. The Morgan fingerprint density at radius 2 is 2.06 bits per heavy atom. The molecule has 5 nitrogen and oxygen atoms in total. The Kier molecular flexibility index (Phi) is 6.51. The van der Waals surface area contributed by atoms with Gasteiger partial charge in [-0.3, -0.25) is 14.7 Å². The SMILES string of the molecule is CCc1nc2c(s1)CCN(CC[C@H]1CC[C@H](NC(=O)c3cccc4ncccc34)CC1)C2. The van der Waals surface area contributed by atoms with Crippen molar-refractivity contribution in [2.45, 2.75) is 64.5 Å². The zero-order chi connectivity index (χ0) is 21.9.